The zero-order valence-corrected chi connectivity index (χ0v) is 12.2. The van der Waals surface area contributed by atoms with Crippen LogP contribution >= 0.6 is 0 Å². The molecule has 2 amide bonds. The van der Waals surface area contributed by atoms with Crippen molar-refractivity contribution in [1.29, 1.82) is 0 Å². The van der Waals surface area contributed by atoms with Gasteiger partial charge in [-0.15, -0.1) is 0 Å². The van der Waals surface area contributed by atoms with Gasteiger partial charge in [-0.05, 0) is 20.4 Å². The predicted octanol–water partition coefficient (Wildman–Crippen LogP) is 1.13. The summed E-state index contributed by atoms with van der Waals surface area (Å²) >= 11 is 0. The fourth-order valence-corrected chi connectivity index (χ4v) is 2.11. The van der Waals surface area contributed by atoms with Crippen LogP contribution in [0.1, 0.15) is 20.3 Å². The van der Waals surface area contributed by atoms with Crippen molar-refractivity contribution in [3.8, 4) is 0 Å². The molecule has 0 bridgehead atoms. The second-order valence-electron chi connectivity index (χ2n) is 5.35. The number of nitrogens with one attached hydrogen (secondary N) is 1. The minimum absolute atomic E-state index is 0.0477. The normalized spacial score (nSPS) is 23.5. The molecule has 122 valence electrons. The van der Waals surface area contributed by atoms with Crippen molar-refractivity contribution < 1.29 is 27.9 Å². The third-order valence-electron chi connectivity index (χ3n) is 3.89. The minimum Gasteiger partial charge on any atom is -0.479 e. The van der Waals surface area contributed by atoms with Crippen molar-refractivity contribution in [2.24, 2.45) is 0 Å². The van der Waals surface area contributed by atoms with E-state index < -0.39 is 23.7 Å². The number of alkyl halides is 3. The number of piperazine rings is 1. The summed E-state index contributed by atoms with van der Waals surface area (Å²) < 4.78 is 38.6. The molecule has 0 radical (unpaired) electrons. The number of carbonyl (C=O) groups is 2. The van der Waals surface area contributed by atoms with E-state index in [-0.39, 0.29) is 19.1 Å². The molecule has 1 aliphatic rings. The van der Waals surface area contributed by atoms with E-state index >= 15 is 0 Å². The van der Waals surface area contributed by atoms with E-state index in [2.05, 4.69) is 0 Å². The van der Waals surface area contributed by atoms with Crippen LogP contribution in [0.3, 0.4) is 0 Å². The first-order valence-corrected chi connectivity index (χ1v) is 6.60. The molecule has 0 aromatic carbocycles. The lowest BCUT2D eigenvalue weighted by Crippen LogP contribution is -2.65. The van der Waals surface area contributed by atoms with Gasteiger partial charge in [-0.1, -0.05) is 6.92 Å². The van der Waals surface area contributed by atoms with Gasteiger partial charge in [0.2, 0.25) is 5.54 Å². The topological polar surface area (TPSA) is 72.9 Å². The van der Waals surface area contributed by atoms with Gasteiger partial charge in [0.05, 0.1) is 0 Å². The molecule has 21 heavy (non-hydrogen) atoms. The van der Waals surface area contributed by atoms with Crippen LogP contribution < -0.4 is 5.32 Å². The van der Waals surface area contributed by atoms with Crippen molar-refractivity contribution in [3.05, 3.63) is 0 Å². The molecule has 1 fully saturated rings. The SMILES string of the molecule is CCC1CN(C(=O)NC(C)(C(=O)O)C(F)(F)F)CCN1C. The van der Waals surface area contributed by atoms with Crippen molar-refractivity contribution in [3.63, 3.8) is 0 Å². The summed E-state index contributed by atoms with van der Waals surface area (Å²) in [5.41, 5.74) is -3.30. The highest BCUT2D eigenvalue weighted by atomic mass is 19.4. The highest BCUT2D eigenvalue weighted by Gasteiger charge is 2.59. The maximum Gasteiger partial charge on any atom is 0.422 e. The number of nitrogens with zero attached hydrogens (tertiary/aromatic N) is 2. The highest BCUT2D eigenvalue weighted by molar-refractivity contribution is 5.86. The number of carboxylic acids is 1. The summed E-state index contributed by atoms with van der Waals surface area (Å²) in [6.07, 6.45) is -4.33. The minimum atomic E-state index is -5.08. The molecule has 0 saturated carbocycles. The van der Waals surface area contributed by atoms with Gasteiger partial charge < -0.3 is 15.3 Å². The Kier molecular flexibility index (Phi) is 5.08. The number of rotatable bonds is 3. The second kappa shape index (κ2) is 6.08. The molecule has 1 aliphatic heterocycles. The first kappa shape index (κ1) is 17.5. The molecule has 0 aromatic rings. The standard InChI is InChI=1S/C12H20F3N3O3/c1-4-8-7-18(6-5-17(8)3)10(21)16-11(2,9(19)20)12(13,14)15/h8H,4-7H2,1-3H3,(H,16,21)(H,19,20). The lowest BCUT2D eigenvalue weighted by Gasteiger charge is -2.40. The Morgan fingerprint density at radius 3 is 2.33 bits per heavy atom. The summed E-state index contributed by atoms with van der Waals surface area (Å²) in [6, 6.07) is -0.963. The smallest absolute Gasteiger partial charge is 0.422 e. The number of carbonyl (C=O) groups excluding carboxylic acids is 1. The molecule has 2 atom stereocenters. The molecule has 9 heteroatoms. The number of amides is 2. The van der Waals surface area contributed by atoms with Gasteiger partial charge in [0, 0.05) is 25.7 Å². The van der Waals surface area contributed by atoms with Crippen molar-refractivity contribution in [2.45, 2.75) is 38.0 Å². The molecular weight excluding hydrogens is 291 g/mol. The Morgan fingerprint density at radius 1 is 1.33 bits per heavy atom. The molecule has 1 saturated heterocycles. The lowest BCUT2D eigenvalue weighted by molar-refractivity contribution is -0.203. The van der Waals surface area contributed by atoms with Crippen molar-refractivity contribution in [1.82, 2.24) is 15.1 Å². The third kappa shape index (κ3) is 3.58. The molecule has 1 heterocycles. The van der Waals surface area contributed by atoms with Gasteiger partial charge >= 0.3 is 18.2 Å². The van der Waals surface area contributed by atoms with Gasteiger partial charge in [0.15, 0.2) is 0 Å². The van der Waals surface area contributed by atoms with Gasteiger partial charge in [0.1, 0.15) is 0 Å². The summed E-state index contributed by atoms with van der Waals surface area (Å²) in [6.45, 7) is 3.42. The molecule has 2 N–H and O–H groups in total. The Balaban J connectivity index is 2.82. The first-order chi connectivity index (χ1) is 9.52. The summed E-state index contributed by atoms with van der Waals surface area (Å²) in [5.74, 6) is -2.13. The van der Waals surface area contributed by atoms with Crippen LogP contribution in [0.25, 0.3) is 0 Å². The molecule has 0 spiro atoms. The second-order valence-corrected chi connectivity index (χ2v) is 5.35. The number of likely N-dealkylation sites (N-methyl/N-ethyl adjacent to an activating group) is 1. The zero-order valence-electron chi connectivity index (χ0n) is 12.2. The fourth-order valence-electron chi connectivity index (χ4n) is 2.11. The quantitative estimate of drug-likeness (QED) is 0.819. The fraction of sp³-hybridized carbons (Fsp3) is 0.833. The van der Waals surface area contributed by atoms with Gasteiger partial charge in [-0.2, -0.15) is 13.2 Å². The van der Waals surface area contributed by atoms with Crippen LogP contribution in [0.2, 0.25) is 0 Å². The molecule has 0 aliphatic carbocycles. The highest BCUT2D eigenvalue weighted by Crippen LogP contribution is 2.30. The summed E-state index contributed by atoms with van der Waals surface area (Å²) in [5, 5.41) is 10.4. The van der Waals surface area contributed by atoms with Crippen LogP contribution in [0, 0.1) is 0 Å². The van der Waals surface area contributed by atoms with Gasteiger partial charge in [-0.25, -0.2) is 9.59 Å². The molecule has 2 unspecified atom stereocenters. The summed E-state index contributed by atoms with van der Waals surface area (Å²) in [7, 11) is 1.88. The third-order valence-corrected chi connectivity index (χ3v) is 3.89. The van der Waals surface area contributed by atoms with E-state index in [4.69, 9.17) is 5.11 Å². The van der Waals surface area contributed by atoms with Crippen LogP contribution in [0.5, 0.6) is 0 Å². The van der Waals surface area contributed by atoms with E-state index in [1.165, 1.54) is 4.90 Å². The lowest BCUT2D eigenvalue weighted by atomic mass is 10.0. The first-order valence-electron chi connectivity index (χ1n) is 6.60. The van der Waals surface area contributed by atoms with Crippen LogP contribution in [0.15, 0.2) is 0 Å². The van der Waals surface area contributed by atoms with Gasteiger partial charge in [-0.3, -0.25) is 4.90 Å². The van der Waals surface area contributed by atoms with E-state index in [1.807, 2.05) is 18.9 Å². The van der Waals surface area contributed by atoms with E-state index in [9.17, 15) is 22.8 Å². The largest absolute Gasteiger partial charge is 0.479 e. The number of carboxylic acid groups (broad SMARTS) is 1. The van der Waals surface area contributed by atoms with E-state index in [0.29, 0.717) is 13.5 Å². The molecule has 6 nitrogen and oxygen atoms in total. The molecule has 1 rings (SSSR count). The average molecular weight is 311 g/mol. The Morgan fingerprint density at radius 2 is 1.90 bits per heavy atom. The average Bonchev–Trinajstić information content (AvgIpc) is 2.37. The monoisotopic (exact) mass is 311 g/mol. The van der Waals surface area contributed by atoms with E-state index in [1.54, 1.807) is 5.32 Å². The van der Waals surface area contributed by atoms with Crippen molar-refractivity contribution in [2.75, 3.05) is 26.7 Å². The van der Waals surface area contributed by atoms with Crippen LogP contribution in [0.4, 0.5) is 18.0 Å². The summed E-state index contributed by atoms with van der Waals surface area (Å²) in [4.78, 5) is 26.1. The number of urea groups is 1. The molecular formula is C12H20F3N3O3. The number of aliphatic carboxylic acids is 1. The Labute approximate surface area is 120 Å². The molecule has 0 aromatic heterocycles. The van der Waals surface area contributed by atoms with Gasteiger partial charge in [0.25, 0.3) is 0 Å². The Bertz CT molecular complexity index is 416. The predicted molar refractivity (Wildman–Crippen MR) is 68.9 cm³/mol. The maximum absolute atomic E-state index is 12.9. The number of hydrogen-bond donors (Lipinski definition) is 2. The van der Waals surface area contributed by atoms with E-state index in [0.717, 1.165) is 6.42 Å². The number of halogens is 3. The Hall–Kier alpha value is -1.51. The maximum atomic E-state index is 12.9. The van der Waals surface area contributed by atoms with Crippen LogP contribution in [-0.2, 0) is 4.79 Å². The van der Waals surface area contributed by atoms with Crippen LogP contribution in [-0.4, -0.2) is 71.3 Å². The zero-order chi connectivity index (χ0) is 16.4. The van der Waals surface area contributed by atoms with Crippen molar-refractivity contribution >= 4 is 12.0 Å². The number of hydrogen-bond acceptors (Lipinski definition) is 3.